The van der Waals surface area contributed by atoms with Gasteiger partial charge < -0.3 is 16.2 Å². The summed E-state index contributed by atoms with van der Waals surface area (Å²) >= 11 is 0. The Bertz CT molecular complexity index is 562. The number of nitrogens with one attached hydrogen (secondary N) is 1. The Hall–Kier alpha value is -2.50. The molecule has 5 N–H and O–H groups in total. The molecule has 0 aliphatic heterocycles. The van der Waals surface area contributed by atoms with Crippen molar-refractivity contribution in [3.63, 3.8) is 0 Å². The van der Waals surface area contributed by atoms with Crippen molar-refractivity contribution in [2.45, 2.75) is 6.92 Å². The van der Waals surface area contributed by atoms with Gasteiger partial charge in [0.05, 0.1) is 5.56 Å². The fraction of sp³-hybridized carbons (Fsp3) is 0.0909. The number of primary amides is 1. The van der Waals surface area contributed by atoms with Gasteiger partial charge in [0.15, 0.2) is 0 Å². The van der Waals surface area contributed by atoms with E-state index in [0.29, 0.717) is 17.3 Å². The molecule has 2 aromatic rings. The summed E-state index contributed by atoms with van der Waals surface area (Å²) in [5, 5.41) is 6.66. The first-order chi connectivity index (χ1) is 8.06. The number of H-pyrrole nitrogens is 1. The Morgan fingerprint density at radius 2 is 2.18 bits per heavy atom. The number of nitrogen functional groups attached to an aromatic ring is 1. The van der Waals surface area contributed by atoms with Crippen LogP contribution in [0.1, 0.15) is 16.1 Å². The summed E-state index contributed by atoms with van der Waals surface area (Å²) in [4.78, 5) is 11.1. The zero-order chi connectivity index (χ0) is 12.4. The van der Waals surface area contributed by atoms with Crippen LogP contribution in [0.2, 0.25) is 0 Å². The highest BCUT2D eigenvalue weighted by atomic mass is 16.5. The van der Waals surface area contributed by atoms with Crippen LogP contribution in [0.3, 0.4) is 0 Å². The molecule has 0 saturated carbocycles. The molecule has 1 aromatic carbocycles. The quantitative estimate of drug-likeness (QED) is 0.691. The smallest absolute Gasteiger partial charge is 0.250 e. The number of carbonyl (C=O) groups excluding carboxylic acids is 1. The molecule has 1 aromatic heterocycles. The molecule has 17 heavy (non-hydrogen) atoms. The second-order valence-corrected chi connectivity index (χ2v) is 3.60. The molecule has 0 radical (unpaired) electrons. The Morgan fingerprint density at radius 3 is 2.76 bits per heavy atom. The highest BCUT2D eigenvalue weighted by molar-refractivity contribution is 5.98. The average Bonchev–Trinajstić information content (AvgIpc) is 2.66. The first kappa shape index (κ1) is 11.0. The van der Waals surface area contributed by atoms with Gasteiger partial charge in [-0.3, -0.25) is 9.89 Å². The van der Waals surface area contributed by atoms with Crippen LogP contribution in [0.25, 0.3) is 0 Å². The molecule has 6 nitrogen and oxygen atoms in total. The summed E-state index contributed by atoms with van der Waals surface area (Å²) in [6, 6.07) is 6.43. The number of benzene rings is 1. The summed E-state index contributed by atoms with van der Waals surface area (Å²) in [5.74, 6) is 0.286. The van der Waals surface area contributed by atoms with Crippen molar-refractivity contribution in [3.8, 4) is 11.6 Å². The topological polar surface area (TPSA) is 107 Å². The number of anilines is 1. The average molecular weight is 232 g/mol. The lowest BCUT2D eigenvalue weighted by molar-refractivity contribution is 0.100. The van der Waals surface area contributed by atoms with Gasteiger partial charge in [-0.05, 0) is 25.1 Å². The summed E-state index contributed by atoms with van der Waals surface area (Å²) in [5.41, 5.74) is 12.2. The fourth-order valence-corrected chi connectivity index (χ4v) is 1.38. The van der Waals surface area contributed by atoms with Crippen LogP contribution in [0.5, 0.6) is 11.6 Å². The van der Waals surface area contributed by atoms with E-state index in [1.165, 1.54) is 6.07 Å². The monoisotopic (exact) mass is 232 g/mol. The van der Waals surface area contributed by atoms with Gasteiger partial charge in [0, 0.05) is 17.4 Å². The van der Waals surface area contributed by atoms with E-state index in [-0.39, 0.29) is 5.56 Å². The molecule has 0 aliphatic rings. The minimum atomic E-state index is -0.592. The third-order valence-corrected chi connectivity index (χ3v) is 2.20. The second-order valence-electron chi connectivity index (χ2n) is 3.60. The van der Waals surface area contributed by atoms with Gasteiger partial charge in [0.2, 0.25) is 5.88 Å². The number of aromatic amines is 1. The zero-order valence-electron chi connectivity index (χ0n) is 9.23. The van der Waals surface area contributed by atoms with Crippen molar-refractivity contribution in [1.82, 2.24) is 10.2 Å². The van der Waals surface area contributed by atoms with Gasteiger partial charge in [-0.25, -0.2) is 0 Å². The van der Waals surface area contributed by atoms with Gasteiger partial charge in [-0.2, -0.15) is 0 Å². The SMILES string of the molecule is Cc1cc(Oc2ccc(N)c(C(N)=O)c2)n[nH]1. The lowest BCUT2D eigenvalue weighted by atomic mass is 10.1. The minimum absolute atomic E-state index is 0.231. The highest BCUT2D eigenvalue weighted by Gasteiger charge is 2.08. The lowest BCUT2D eigenvalue weighted by Gasteiger charge is -2.05. The molecule has 6 heteroatoms. The summed E-state index contributed by atoms with van der Waals surface area (Å²) < 4.78 is 5.44. The number of nitrogens with two attached hydrogens (primary N) is 2. The number of hydrogen-bond donors (Lipinski definition) is 3. The van der Waals surface area contributed by atoms with Crippen molar-refractivity contribution < 1.29 is 9.53 Å². The molecule has 0 unspecified atom stereocenters. The van der Waals surface area contributed by atoms with E-state index in [1.54, 1.807) is 18.2 Å². The van der Waals surface area contributed by atoms with Gasteiger partial charge in [-0.15, -0.1) is 5.10 Å². The van der Waals surface area contributed by atoms with E-state index in [9.17, 15) is 4.79 Å². The molecule has 0 saturated heterocycles. The van der Waals surface area contributed by atoms with E-state index >= 15 is 0 Å². The Morgan fingerprint density at radius 1 is 1.41 bits per heavy atom. The molecule has 1 heterocycles. The van der Waals surface area contributed by atoms with Crippen molar-refractivity contribution in [2.24, 2.45) is 5.73 Å². The number of aromatic nitrogens is 2. The van der Waals surface area contributed by atoms with Crippen molar-refractivity contribution in [2.75, 3.05) is 5.73 Å². The molecular formula is C11H12N4O2. The van der Waals surface area contributed by atoms with Crippen LogP contribution >= 0.6 is 0 Å². The second kappa shape index (κ2) is 4.17. The normalized spacial score (nSPS) is 10.2. The van der Waals surface area contributed by atoms with Gasteiger partial charge in [-0.1, -0.05) is 0 Å². The number of nitrogens with zero attached hydrogens (tertiary/aromatic N) is 1. The predicted molar refractivity (Wildman–Crippen MR) is 62.8 cm³/mol. The number of ether oxygens (including phenoxy) is 1. The summed E-state index contributed by atoms with van der Waals surface area (Å²) in [6.07, 6.45) is 0. The molecule has 1 amide bonds. The number of aryl methyl sites for hydroxylation is 1. The molecular weight excluding hydrogens is 220 g/mol. The maximum absolute atomic E-state index is 11.1. The molecule has 0 fully saturated rings. The molecule has 2 rings (SSSR count). The number of amides is 1. The van der Waals surface area contributed by atoms with Crippen LogP contribution in [-0.2, 0) is 0 Å². The lowest BCUT2D eigenvalue weighted by Crippen LogP contribution is -2.13. The molecule has 88 valence electrons. The van der Waals surface area contributed by atoms with E-state index in [0.717, 1.165) is 5.69 Å². The van der Waals surface area contributed by atoms with E-state index in [2.05, 4.69) is 10.2 Å². The van der Waals surface area contributed by atoms with Gasteiger partial charge in [0.1, 0.15) is 5.75 Å². The Labute approximate surface area is 97.6 Å². The molecule has 0 atom stereocenters. The third kappa shape index (κ3) is 2.36. The van der Waals surface area contributed by atoms with Crippen LogP contribution < -0.4 is 16.2 Å². The first-order valence-corrected chi connectivity index (χ1v) is 4.95. The summed E-state index contributed by atoms with van der Waals surface area (Å²) in [6.45, 7) is 1.86. The van der Waals surface area contributed by atoms with E-state index in [1.807, 2.05) is 6.92 Å². The number of rotatable bonds is 3. The molecule has 0 bridgehead atoms. The highest BCUT2D eigenvalue weighted by Crippen LogP contribution is 2.23. The molecule has 0 spiro atoms. The van der Waals surface area contributed by atoms with Crippen molar-refractivity contribution >= 4 is 11.6 Å². The maximum Gasteiger partial charge on any atom is 0.250 e. The maximum atomic E-state index is 11.1. The van der Waals surface area contributed by atoms with E-state index < -0.39 is 5.91 Å². The van der Waals surface area contributed by atoms with Crippen molar-refractivity contribution in [3.05, 3.63) is 35.5 Å². The minimum Gasteiger partial charge on any atom is -0.438 e. The van der Waals surface area contributed by atoms with E-state index in [4.69, 9.17) is 16.2 Å². The number of hydrogen-bond acceptors (Lipinski definition) is 4. The summed E-state index contributed by atoms with van der Waals surface area (Å²) in [7, 11) is 0. The Kier molecular flexibility index (Phi) is 2.70. The Balaban J connectivity index is 2.28. The predicted octanol–water partition coefficient (Wildman–Crippen LogP) is 1.19. The van der Waals surface area contributed by atoms with Crippen molar-refractivity contribution in [1.29, 1.82) is 0 Å². The third-order valence-electron chi connectivity index (χ3n) is 2.20. The standard InChI is InChI=1S/C11H12N4O2/c1-6-4-10(15-14-6)17-7-2-3-9(12)8(5-7)11(13)16/h2-5H,12H2,1H3,(H2,13,16)(H,14,15). The first-order valence-electron chi connectivity index (χ1n) is 4.95. The van der Waals surface area contributed by atoms with Crippen LogP contribution in [0, 0.1) is 6.92 Å². The number of carbonyl (C=O) groups is 1. The molecule has 0 aliphatic carbocycles. The fourth-order valence-electron chi connectivity index (χ4n) is 1.38. The zero-order valence-corrected chi connectivity index (χ0v) is 9.23. The van der Waals surface area contributed by atoms with Crippen LogP contribution in [0.4, 0.5) is 5.69 Å². The van der Waals surface area contributed by atoms with Crippen LogP contribution in [0.15, 0.2) is 24.3 Å². The van der Waals surface area contributed by atoms with Gasteiger partial charge in [0.25, 0.3) is 5.91 Å². The largest absolute Gasteiger partial charge is 0.438 e. The van der Waals surface area contributed by atoms with Crippen LogP contribution in [-0.4, -0.2) is 16.1 Å². The van der Waals surface area contributed by atoms with Gasteiger partial charge >= 0.3 is 0 Å².